The van der Waals surface area contributed by atoms with Gasteiger partial charge in [-0.05, 0) is 7.05 Å². The van der Waals surface area contributed by atoms with Crippen molar-refractivity contribution in [2.24, 2.45) is 10.3 Å². The Morgan fingerprint density at radius 1 is 1.73 bits per heavy atom. The highest BCUT2D eigenvalue weighted by Gasteiger charge is 2.11. The summed E-state index contributed by atoms with van der Waals surface area (Å²) in [5, 5.41) is 18.1. The van der Waals surface area contributed by atoms with Crippen molar-refractivity contribution in [1.29, 1.82) is 0 Å². The molecule has 0 aromatic heterocycles. The Hall–Kier alpha value is -1.01. The van der Waals surface area contributed by atoms with E-state index in [-0.39, 0.29) is 12.3 Å². The van der Waals surface area contributed by atoms with Crippen molar-refractivity contribution in [1.82, 2.24) is 10.7 Å². The van der Waals surface area contributed by atoms with Crippen LogP contribution in [0, 0.1) is 0 Å². The summed E-state index contributed by atoms with van der Waals surface area (Å²) in [5.41, 5.74) is 2.14. The largest absolute Gasteiger partial charge is 0.366 e. The minimum atomic E-state index is -1.27. The van der Waals surface area contributed by atoms with Gasteiger partial charge in [0.2, 0.25) is 6.23 Å². The molecule has 11 heavy (non-hydrogen) atoms. The van der Waals surface area contributed by atoms with Crippen LogP contribution in [-0.2, 0) is 4.79 Å². The number of Topliss-reactive ketones (excluding diaryl/α,β-unsaturated/α-hetero) is 1. The zero-order chi connectivity index (χ0) is 8.69. The van der Waals surface area contributed by atoms with Gasteiger partial charge in [-0.1, -0.05) is 5.22 Å². The molecule has 0 aliphatic heterocycles. The third-order valence-corrected chi connectivity index (χ3v) is 0.936. The van der Waals surface area contributed by atoms with Crippen molar-refractivity contribution in [2.75, 3.05) is 20.6 Å². The summed E-state index contributed by atoms with van der Waals surface area (Å²) in [7, 11) is 3.05. The molecule has 0 bridgehead atoms. The van der Waals surface area contributed by atoms with Gasteiger partial charge in [-0.2, -0.15) is 5.11 Å². The average molecular weight is 160 g/mol. The molecule has 0 saturated carbocycles. The van der Waals surface area contributed by atoms with Crippen molar-refractivity contribution in [3.63, 3.8) is 0 Å². The molecule has 0 radical (unpaired) electrons. The summed E-state index contributed by atoms with van der Waals surface area (Å²) < 4.78 is 0. The Morgan fingerprint density at radius 3 is 2.82 bits per heavy atom. The summed E-state index contributed by atoms with van der Waals surface area (Å²) in [5.74, 6) is -0.375. The molecule has 0 spiro atoms. The summed E-state index contributed by atoms with van der Waals surface area (Å²) in [4.78, 5) is 10.8. The predicted molar refractivity (Wildman–Crippen MR) is 38.9 cm³/mol. The van der Waals surface area contributed by atoms with Crippen LogP contribution in [0.3, 0.4) is 0 Å². The topological polar surface area (TPSA) is 86.1 Å². The first-order valence-corrected chi connectivity index (χ1v) is 3.12. The van der Waals surface area contributed by atoms with Crippen LogP contribution in [0.4, 0.5) is 0 Å². The summed E-state index contributed by atoms with van der Waals surface area (Å²) >= 11 is 0. The fraction of sp³-hybridized carbons (Fsp3) is 0.800. The van der Waals surface area contributed by atoms with E-state index in [2.05, 4.69) is 21.1 Å². The molecule has 0 aliphatic rings. The van der Waals surface area contributed by atoms with Crippen LogP contribution < -0.4 is 10.7 Å². The molecule has 3 N–H and O–H groups in total. The first-order chi connectivity index (χ1) is 5.22. The normalized spacial score (nSPS) is 13.4. The lowest BCUT2D eigenvalue weighted by Crippen LogP contribution is -2.38. The zero-order valence-corrected chi connectivity index (χ0v) is 6.53. The number of rotatable bonds is 5. The van der Waals surface area contributed by atoms with Gasteiger partial charge >= 0.3 is 0 Å². The van der Waals surface area contributed by atoms with Crippen LogP contribution in [-0.4, -0.2) is 37.8 Å². The van der Waals surface area contributed by atoms with E-state index >= 15 is 0 Å². The highest BCUT2D eigenvalue weighted by molar-refractivity contribution is 5.84. The van der Waals surface area contributed by atoms with Crippen LogP contribution in [0.15, 0.2) is 10.3 Å². The number of aliphatic hydroxyl groups is 1. The Kier molecular flexibility index (Phi) is 5.22. The van der Waals surface area contributed by atoms with Crippen molar-refractivity contribution in [2.45, 2.75) is 6.23 Å². The first kappa shape index (κ1) is 9.99. The zero-order valence-electron chi connectivity index (χ0n) is 6.53. The van der Waals surface area contributed by atoms with Gasteiger partial charge in [0.1, 0.15) is 0 Å². The smallest absolute Gasteiger partial charge is 0.202 e. The van der Waals surface area contributed by atoms with E-state index in [0.717, 1.165) is 0 Å². The number of likely N-dealkylation sites (N-methyl/N-ethyl adjacent to an activating group) is 1. The third-order valence-electron chi connectivity index (χ3n) is 0.936. The van der Waals surface area contributed by atoms with Crippen molar-refractivity contribution in [3.05, 3.63) is 0 Å². The number of carbonyl (C=O) groups excluding carboxylic acids is 1. The van der Waals surface area contributed by atoms with E-state index in [1.165, 1.54) is 7.05 Å². The van der Waals surface area contributed by atoms with E-state index in [9.17, 15) is 4.79 Å². The minimum absolute atomic E-state index is 0.105. The fourth-order valence-electron chi connectivity index (χ4n) is 0.455. The maximum atomic E-state index is 10.8. The minimum Gasteiger partial charge on any atom is -0.366 e. The average Bonchev–Trinajstić information content (AvgIpc) is 2.00. The summed E-state index contributed by atoms with van der Waals surface area (Å²) in [6.07, 6.45) is -1.27. The first-order valence-electron chi connectivity index (χ1n) is 3.12. The summed E-state index contributed by atoms with van der Waals surface area (Å²) in [6.45, 7) is 0.105. The molecule has 0 fully saturated rings. The SMILES string of the molecule is CN=NNC(O)C(=O)CNC. The molecule has 6 heteroatoms. The molecule has 0 aromatic carbocycles. The standard InChI is InChI=1S/C5H12N4O2/c1-6-3-4(10)5(11)8-9-7-2/h5-6,11H,3H2,1-2H3,(H,7,8). The molecule has 0 saturated heterocycles. The van der Waals surface area contributed by atoms with Crippen LogP contribution in [0.25, 0.3) is 0 Å². The number of hydrogen-bond acceptors (Lipinski definition) is 5. The van der Waals surface area contributed by atoms with E-state index in [0.29, 0.717) is 0 Å². The lowest BCUT2D eigenvalue weighted by Gasteiger charge is -2.06. The van der Waals surface area contributed by atoms with E-state index in [4.69, 9.17) is 5.11 Å². The van der Waals surface area contributed by atoms with Gasteiger partial charge in [0.25, 0.3) is 0 Å². The van der Waals surface area contributed by atoms with Gasteiger partial charge in [0.15, 0.2) is 5.78 Å². The number of nitrogens with one attached hydrogen (secondary N) is 2. The van der Waals surface area contributed by atoms with Gasteiger partial charge in [-0.15, -0.1) is 0 Å². The molecule has 64 valence electrons. The van der Waals surface area contributed by atoms with Gasteiger partial charge < -0.3 is 10.4 Å². The molecule has 0 aliphatic carbocycles. The van der Waals surface area contributed by atoms with Crippen LogP contribution in [0.5, 0.6) is 0 Å². The second-order valence-corrected chi connectivity index (χ2v) is 1.83. The number of nitrogens with zero attached hydrogens (tertiary/aromatic N) is 2. The van der Waals surface area contributed by atoms with Crippen LogP contribution in [0.1, 0.15) is 0 Å². The second kappa shape index (κ2) is 5.75. The molecule has 6 nitrogen and oxygen atoms in total. The Labute approximate surface area is 64.7 Å². The highest BCUT2D eigenvalue weighted by atomic mass is 16.3. The molecule has 0 rings (SSSR count). The Bertz CT molecular complexity index is 147. The van der Waals surface area contributed by atoms with E-state index < -0.39 is 6.23 Å². The van der Waals surface area contributed by atoms with Gasteiger partial charge in [0, 0.05) is 0 Å². The predicted octanol–water partition coefficient (Wildman–Crippen LogP) is -1.32. The molecular weight excluding hydrogens is 148 g/mol. The highest BCUT2D eigenvalue weighted by Crippen LogP contribution is 1.79. The molecular formula is C5H12N4O2. The lowest BCUT2D eigenvalue weighted by molar-refractivity contribution is -0.127. The molecule has 1 atom stereocenters. The monoisotopic (exact) mass is 160 g/mol. The third kappa shape index (κ3) is 4.40. The number of hydrogen-bond donors (Lipinski definition) is 3. The Balaban J connectivity index is 3.63. The van der Waals surface area contributed by atoms with Gasteiger partial charge in [0.05, 0.1) is 13.6 Å². The summed E-state index contributed by atoms with van der Waals surface area (Å²) in [6, 6.07) is 0. The maximum Gasteiger partial charge on any atom is 0.202 e. The number of aliphatic hydroxyl groups excluding tert-OH is 1. The lowest BCUT2D eigenvalue weighted by atomic mass is 10.3. The Morgan fingerprint density at radius 2 is 2.36 bits per heavy atom. The van der Waals surface area contributed by atoms with Gasteiger partial charge in [-0.25, -0.2) is 0 Å². The van der Waals surface area contributed by atoms with Crippen molar-refractivity contribution in [3.8, 4) is 0 Å². The second-order valence-electron chi connectivity index (χ2n) is 1.83. The maximum absolute atomic E-state index is 10.8. The molecule has 0 heterocycles. The molecule has 1 unspecified atom stereocenters. The van der Waals surface area contributed by atoms with Crippen LogP contribution in [0.2, 0.25) is 0 Å². The quantitative estimate of drug-likeness (QED) is 0.264. The molecule has 0 amide bonds. The van der Waals surface area contributed by atoms with E-state index in [1.807, 2.05) is 0 Å². The fourth-order valence-corrected chi connectivity index (χ4v) is 0.455. The number of carbonyl (C=O) groups is 1. The number of ketones is 1. The van der Waals surface area contributed by atoms with Gasteiger partial charge in [-0.3, -0.25) is 10.2 Å². The van der Waals surface area contributed by atoms with Crippen LogP contribution >= 0.6 is 0 Å². The van der Waals surface area contributed by atoms with E-state index in [1.54, 1.807) is 7.05 Å². The van der Waals surface area contributed by atoms with Crippen molar-refractivity contribution >= 4 is 5.78 Å². The molecule has 0 aromatic rings. The van der Waals surface area contributed by atoms with Crippen molar-refractivity contribution < 1.29 is 9.90 Å².